The predicted octanol–water partition coefficient (Wildman–Crippen LogP) is -0.576. The molecule has 3 heterocycles. The van der Waals surface area contributed by atoms with Gasteiger partial charge in [-0.05, 0) is 35.9 Å². The number of carbonyl (C=O) groups is 1. The van der Waals surface area contributed by atoms with Gasteiger partial charge in [0, 0.05) is 11.5 Å². The summed E-state index contributed by atoms with van der Waals surface area (Å²) in [6.07, 6.45) is -9.01. The average Bonchev–Trinajstić information content (AvgIpc) is 3.35. The number of hydrogen-bond acceptors (Lipinski definition) is 16. The minimum Gasteiger partial charge on any atom is -0.502 e. The van der Waals surface area contributed by atoms with Crippen molar-refractivity contribution in [3.05, 3.63) is 64.5 Å². The van der Waals surface area contributed by atoms with Gasteiger partial charge in [0.1, 0.15) is 42.7 Å². The van der Waals surface area contributed by atoms with Crippen molar-refractivity contribution in [3.8, 4) is 23.0 Å². The third-order valence-electron chi connectivity index (χ3n) is 7.63. The zero-order valence-corrected chi connectivity index (χ0v) is 25.1. The first kappa shape index (κ1) is 34.1. The molecule has 0 unspecified atom stereocenters. The van der Waals surface area contributed by atoms with Gasteiger partial charge in [-0.3, -0.25) is 0 Å². The molecule has 2 aliphatic rings. The lowest BCUT2D eigenvalue weighted by Gasteiger charge is -2.40. The van der Waals surface area contributed by atoms with Gasteiger partial charge in [-0.15, -0.1) is 0 Å². The van der Waals surface area contributed by atoms with Crippen molar-refractivity contribution in [1.29, 1.82) is 0 Å². The molecule has 16 nitrogen and oxygen atoms in total. The highest BCUT2D eigenvalue weighted by molar-refractivity contribution is 5.87. The van der Waals surface area contributed by atoms with Gasteiger partial charge in [-0.1, -0.05) is 18.2 Å². The van der Waals surface area contributed by atoms with Crippen LogP contribution in [0.4, 0.5) is 0 Å². The van der Waals surface area contributed by atoms with Crippen LogP contribution in [0, 0.1) is 0 Å². The number of rotatable bonds is 11. The van der Waals surface area contributed by atoms with Crippen LogP contribution in [0.1, 0.15) is 5.56 Å². The minimum atomic E-state index is -2.07. The summed E-state index contributed by atoms with van der Waals surface area (Å²) >= 11 is 0. The van der Waals surface area contributed by atoms with E-state index in [2.05, 4.69) is 0 Å². The molecular formula is C31H34O16. The van der Waals surface area contributed by atoms with Gasteiger partial charge < -0.3 is 68.2 Å². The summed E-state index contributed by atoms with van der Waals surface area (Å²) in [6.45, 7) is -1.71. The molecule has 8 atom stereocenters. The summed E-state index contributed by atoms with van der Waals surface area (Å²) < 4.78 is 42.4. The van der Waals surface area contributed by atoms with Gasteiger partial charge in [-0.25, -0.2) is 9.59 Å². The van der Waals surface area contributed by atoms with E-state index in [1.54, 1.807) is 24.3 Å². The molecule has 2 aliphatic heterocycles. The summed E-state index contributed by atoms with van der Waals surface area (Å²) in [5, 5.41) is 63.5. The minimum absolute atomic E-state index is 0.112. The maximum absolute atomic E-state index is 12.4. The lowest BCUT2D eigenvalue weighted by molar-refractivity contribution is -0.289. The Hall–Kier alpha value is -4.26. The molecule has 2 aromatic carbocycles. The number of ether oxygens (including phenoxy) is 7. The average molecular weight is 663 g/mol. The fourth-order valence-corrected chi connectivity index (χ4v) is 4.93. The molecule has 47 heavy (non-hydrogen) atoms. The van der Waals surface area contributed by atoms with E-state index in [0.29, 0.717) is 16.5 Å². The maximum atomic E-state index is 12.4. The number of aliphatic hydroxyl groups is 5. The Morgan fingerprint density at radius 1 is 0.979 bits per heavy atom. The first-order valence-electron chi connectivity index (χ1n) is 14.3. The molecule has 2 fully saturated rings. The normalized spacial score (nSPS) is 29.2. The topological polar surface area (TPSA) is 233 Å². The number of esters is 1. The van der Waals surface area contributed by atoms with Gasteiger partial charge in [-0.2, -0.15) is 0 Å². The third kappa shape index (κ3) is 7.34. The van der Waals surface area contributed by atoms with E-state index in [-0.39, 0.29) is 23.0 Å². The molecule has 1 aromatic heterocycles. The number of benzene rings is 2. The zero-order chi connectivity index (χ0) is 33.9. The number of hydrogen-bond donors (Lipinski definition) is 6. The number of carbonyl (C=O) groups excluding carboxylic acids is 1. The number of fused-ring (bicyclic) bond motifs is 1. The van der Waals surface area contributed by atoms with Crippen molar-refractivity contribution in [3.63, 3.8) is 0 Å². The highest BCUT2D eigenvalue weighted by Gasteiger charge is 2.51. The molecule has 254 valence electrons. The zero-order valence-electron chi connectivity index (χ0n) is 25.1. The summed E-state index contributed by atoms with van der Waals surface area (Å²) in [4.78, 5) is 24.7. The Kier molecular flexibility index (Phi) is 10.3. The van der Waals surface area contributed by atoms with Crippen LogP contribution in [0.3, 0.4) is 0 Å². The van der Waals surface area contributed by atoms with Gasteiger partial charge in [0.2, 0.25) is 17.8 Å². The summed E-state index contributed by atoms with van der Waals surface area (Å²) in [5.74, 6) is -1.19. The monoisotopic (exact) mass is 662 g/mol. The van der Waals surface area contributed by atoms with Crippen LogP contribution in [0.2, 0.25) is 0 Å². The molecular weight excluding hydrogens is 628 g/mol. The van der Waals surface area contributed by atoms with Crippen LogP contribution in [-0.2, 0) is 23.7 Å². The molecule has 16 heteroatoms. The Balaban J connectivity index is 1.16. The lowest BCUT2D eigenvalue weighted by atomic mass is 9.99. The lowest BCUT2D eigenvalue weighted by Crippen LogP contribution is -2.60. The molecule has 6 N–H and O–H groups in total. The second-order valence-corrected chi connectivity index (χ2v) is 10.8. The smallest absolute Gasteiger partial charge is 0.379 e. The molecule has 3 aromatic rings. The Morgan fingerprint density at radius 3 is 2.38 bits per heavy atom. The van der Waals surface area contributed by atoms with E-state index in [4.69, 9.17) is 37.6 Å². The number of aliphatic hydroxyl groups excluding tert-OH is 4. The molecule has 0 spiro atoms. The summed E-state index contributed by atoms with van der Waals surface area (Å²) in [7, 11) is 2.70. The van der Waals surface area contributed by atoms with Gasteiger partial charge in [0.05, 0.1) is 27.4 Å². The molecule has 2 saturated heterocycles. The predicted molar refractivity (Wildman–Crippen MR) is 158 cm³/mol. The third-order valence-corrected chi connectivity index (χ3v) is 7.63. The number of aromatic hydroxyl groups is 1. The molecule has 0 amide bonds. The first-order chi connectivity index (χ1) is 22.4. The van der Waals surface area contributed by atoms with Crippen LogP contribution in [0.15, 0.2) is 57.8 Å². The summed E-state index contributed by atoms with van der Waals surface area (Å²) in [5.41, 5.74) is -2.21. The Labute approximate surface area is 266 Å². The molecule has 0 saturated carbocycles. The van der Waals surface area contributed by atoms with Crippen molar-refractivity contribution in [1.82, 2.24) is 0 Å². The maximum Gasteiger partial charge on any atom is 0.379 e. The van der Waals surface area contributed by atoms with Gasteiger partial charge >= 0.3 is 11.6 Å². The van der Waals surface area contributed by atoms with E-state index in [1.165, 1.54) is 38.5 Å². The second-order valence-electron chi connectivity index (χ2n) is 10.8. The number of phenols is 1. The van der Waals surface area contributed by atoms with Gasteiger partial charge in [0.15, 0.2) is 23.4 Å². The molecule has 0 radical (unpaired) electrons. The van der Waals surface area contributed by atoms with Crippen molar-refractivity contribution >= 4 is 23.0 Å². The summed E-state index contributed by atoms with van der Waals surface area (Å²) in [6, 6.07) is 10.9. The van der Waals surface area contributed by atoms with Crippen LogP contribution >= 0.6 is 0 Å². The largest absolute Gasteiger partial charge is 0.502 e. The Bertz CT molecular complexity index is 1630. The van der Waals surface area contributed by atoms with Crippen molar-refractivity contribution < 1.29 is 73.0 Å². The number of methoxy groups -OCH3 is 2. The fraction of sp³-hybridized carbons (Fsp3) is 0.419. The molecule has 5 rings (SSSR count). The van der Waals surface area contributed by atoms with Crippen molar-refractivity contribution in [2.75, 3.05) is 34.0 Å². The molecule has 0 bridgehead atoms. The van der Waals surface area contributed by atoms with Crippen LogP contribution in [0.5, 0.6) is 23.0 Å². The van der Waals surface area contributed by atoms with Crippen LogP contribution in [-0.4, -0.2) is 119 Å². The standard InChI is InChI=1S/C31H34O16/c1-40-18-9-15(10-19(41-2)23(18)33)7-8-22(32)43-13-31(39)14-44-30(27(31)37)42-12-21-24(34)25(35)26(36)29(47-21)46-20-11-16-5-3-4-6-17(16)45-28(20)38/h3-11,21,24-27,29-30,33-37,39H,12-14H2,1-2H3/t21-,24-,25+,26-,27+,29-,30-,31-/m1/s1. The quantitative estimate of drug-likeness (QED) is 0.0857. The van der Waals surface area contributed by atoms with E-state index in [1.807, 2.05) is 0 Å². The van der Waals surface area contributed by atoms with E-state index >= 15 is 0 Å². The fourth-order valence-electron chi connectivity index (χ4n) is 4.93. The SMILES string of the molecule is COc1cc(C=CC(=O)OC[C@@]2(O)CO[C@@H](OC[C@H]3O[C@@H](Oc4cc5ccccc5oc4=O)[C@H](O)[C@@H](O)[C@@H]3O)[C@@H]2O)cc(OC)c1O. The number of phenolic OH excluding ortho intramolecular Hbond substituents is 1. The van der Waals surface area contributed by atoms with E-state index in [9.17, 15) is 40.2 Å². The van der Waals surface area contributed by atoms with E-state index in [0.717, 1.165) is 6.08 Å². The van der Waals surface area contributed by atoms with Gasteiger partial charge in [0.25, 0.3) is 0 Å². The van der Waals surface area contributed by atoms with E-state index < -0.39 is 80.1 Å². The highest BCUT2D eigenvalue weighted by atomic mass is 16.7. The number of para-hydroxylation sites is 1. The van der Waals surface area contributed by atoms with Crippen molar-refractivity contribution in [2.24, 2.45) is 0 Å². The van der Waals surface area contributed by atoms with Crippen LogP contribution in [0.25, 0.3) is 17.0 Å². The highest BCUT2D eigenvalue weighted by Crippen LogP contribution is 2.37. The molecule has 0 aliphatic carbocycles. The second kappa shape index (κ2) is 14.2. The van der Waals surface area contributed by atoms with Crippen LogP contribution < -0.4 is 19.8 Å². The Morgan fingerprint density at radius 2 is 1.68 bits per heavy atom. The van der Waals surface area contributed by atoms with Crippen molar-refractivity contribution in [2.45, 2.75) is 48.7 Å². The first-order valence-corrected chi connectivity index (χ1v) is 14.3.